The SMILES string of the molecule is C=C(C)C(=O)OCCOC(=O)c1ccc(Sc2ccc(C(=O)/C(C)=N/OC(C)=O)cc2)c(C(=O)OCCOC(=O)C(=C)C)c1. The third kappa shape index (κ3) is 11.3. The molecule has 0 N–H and O–H groups in total. The Labute approximate surface area is 258 Å². The number of carbonyl (C=O) groups excluding carboxylic acids is 6. The van der Waals surface area contributed by atoms with Crippen molar-refractivity contribution < 1.29 is 52.6 Å². The van der Waals surface area contributed by atoms with Crippen LogP contribution in [0.2, 0.25) is 0 Å². The number of benzene rings is 2. The van der Waals surface area contributed by atoms with Crippen molar-refractivity contribution in [2.24, 2.45) is 5.16 Å². The minimum absolute atomic E-state index is 0.0176. The standard InChI is InChI=1S/C31H31NO11S/c1-18(2)28(35)39-13-15-41-30(37)23-9-12-26(25(17-23)31(38)42-16-14-40-29(36)19(3)4)44-24-10-7-22(8-11-24)27(34)20(5)32-43-21(6)33/h7-12,17H,1,3,13-16H2,2,4-6H3/b32-20+. The Balaban J connectivity index is 2.22. The van der Waals surface area contributed by atoms with E-state index in [1.165, 1.54) is 51.1 Å². The molecule has 44 heavy (non-hydrogen) atoms. The van der Waals surface area contributed by atoms with Gasteiger partial charge in [0.1, 0.15) is 32.1 Å². The molecule has 0 heterocycles. The molecule has 0 radical (unpaired) electrons. The van der Waals surface area contributed by atoms with Crippen LogP contribution >= 0.6 is 11.8 Å². The van der Waals surface area contributed by atoms with E-state index in [1.807, 2.05) is 0 Å². The Morgan fingerprint density at radius 1 is 0.682 bits per heavy atom. The molecule has 0 saturated heterocycles. The van der Waals surface area contributed by atoms with Crippen molar-refractivity contribution in [3.8, 4) is 0 Å². The summed E-state index contributed by atoms with van der Waals surface area (Å²) >= 11 is 1.15. The molecule has 0 aliphatic rings. The molecule has 0 unspecified atom stereocenters. The van der Waals surface area contributed by atoms with E-state index < -0.39 is 35.6 Å². The van der Waals surface area contributed by atoms with Crippen molar-refractivity contribution in [1.82, 2.24) is 0 Å². The molecule has 2 aromatic carbocycles. The number of ketones is 1. The zero-order chi connectivity index (χ0) is 32.8. The first-order valence-corrected chi connectivity index (χ1v) is 13.8. The number of hydrogen-bond acceptors (Lipinski definition) is 13. The Morgan fingerprint density at radius 3 is 1.70 bits per heavy atom. The minimum atomic E-state index is -0.798. The molecule has 0 bridgehead atoms. The van der Waals surface area contributed by atoms with Crippen LogP contribution in [0, 0.1) is 0 Å². The molecular weight excluding hydrogens is 594 g/mol. The van der Waals surface area contributed by atoms with Gasteiger partial charge in [0.05, 0.1) is 11.1 Å². The summed E-state index contributed by atoms with van der Waals surface area (Å²) in [5, 5.41) is 3.50. The Kier molecular flexibility index (Phi) is 13.7. The van der Waals surface area contributed by atoms with Gasteiger partial charge in [-0.05, 0) is 63.2 Å². The van der Waals surface area contributed by atoms with Gasteiger partial charge in [-0.2, -0.15) is 0 Å². The van der Waals surface area contributed by atoms with Gasteiger partial charge in [-0.1, -0.05) is 30.1 Å². The van der Waals surface area contributed by atoms with Gasteiger partial charge in [0, 0.05) is 33.4 Å². The maximum absolute atomic E-state index is 13.0. The topological polar surface area (TPSA) is 161 Å². The molecule has 0 fully saturated rings. The number of rotatable bonds is 15. The number of carbonyl (C=O) groups is 6. The maximum atomic E-state index is 13.0. The summed E-state index contributed by atoms with van der Waals surface area (Å²) in [7, 11) is 0. The van der Waals surface area contributed by atoms with E-state index in [-0.39, 0.29) is 54.4 Å². The fraction of sp³-hybridized carbons (Fsp3) is 0.258. The molecule has 0 aliphatic carbocycles. The first-order chi connectivity index (χ1) is 20.8. The van der Waals surface area contributed by atoms with Crippen LogP contribution in [0.15, 0.2) is 81.7 Å². The molecule has 2 aromatic rings. The molecule has 0 aromatic heterocycles. The molecule has 2 rings (SSSR count). The van der Waals surface area contributed by atoms with Crippen LogP contribution in [0.25, 0.3) is 0 Å². The lowest BCUT2D eigenvalue weighted by Crippen LogP contribution is -2.16. The van der Waals surface area contributed by atoms with Crippen LogP contribution in [-0.4, -0.2) is 67.8 Å². The molecule has 0 amide bonds. The number of Topliss-reactive ketones (excluding diaryl/α,β-unsaturated/α-hetero) is 1. The van der Waals surface area contributed by atoms with E-state index in [0.29, 0.717) is 15.4 Å². The Morgan fingerprint density at radius 2 is 1.18 bits per heavy atom. The second kappa shape index (κ2) is 17.2. The second-order valence-corrected chi connectivity index (χ2v) is 10.1. The van der Waals surface area contributed by atoms with E-state index in [4.69, 9.17) is 18.9 Å². The lowest BCUT2D eigenvalue weighted by atomic mass is 10.1. The van der Waals surface area contributed by atoms with E-state index in [9.17, 15) is 28.8 Å². The summed E-state index contributed by atoms with van der Waals surface area (Å²) in [5.74, 6) is -3.93. The molecule has 232 valence electrons. The maximum Gasteiger partial charge on any atom is 0.339 e. The summed E-state index contributed by atoms with van der Waals surface area (Å²) in [6, 6.07) is 10.6. The van der Waals surface area contributed by atoms with Crippen molar-refractivity contribution >= 4 is 53.1 Å². The molecule has 0 atom stereocenters. The summed E-state index contributed by atoms with van der Waals surface area (Å²) in [6.07, 6.45) is 0. The highest BCUT2D eigenvalue weighted by Crippen LogP contribution is 2.32. The molecule has 0 spiro atoms. The van der Waals surface area contributed by atoms with E-state index in [1.54, 1.807) is 12.1 Å². The quantitative estimate of drug-likeness (QED) is 0.0399. The molecule has 0 saturated carbocycles. The molecule has 0 aliphatic heterocycles. The van der Waals surface area contributed by atoms with Gasteiger partial charge in [-0.15, -0.1) is 0 Å². The lowest BCUT2D eigenvalue weighted by molar-refractivity contribution is -0.141. The fourth-order valence-corrected chi connectivity index (χ4v) is 3.95. The number of esters is 4. The highest BCUT2D eigenvalue weighted by Gasteiger charge is 2.19. The summed E-state index contributed by atoms with van der Waals surface area (Å²) < 4.78 is 20.2. The zero-order valence-electron chi connectivity index (χ0n) is 24.6. The molecular formula is C31H31NO11S. The van der Waals surface area contributed by atoms with E-state index in [0.717, 1.165) is 18.7 Å². The van der Waals surface area contributed by atoms with Crippen LogP contribution in [0.1, 0.15) is 58.8 Å². The van der Waals surface area contributed by atoms with Gasteiger partial charge < -0.3 is 23.8 Å². The van der Waals surface area contributed by atoms with Crippen LogP contribution in [0.5, 0.6) is 0 Å². The Hall–Kier alpha value is -5.04. The van der Waals surface area contributed by atoms with Crippen LogP contribution in [0.3, 0.4) is 0 Å². The monoisotopic (exact) mass is 625 g/mol. The number of ether oxygens (including phenoxy) is 4. The van der Waals surface area contributed by atoms with Gasteiger partial charge in [0.25, 0.3) is 0 Å². The van der Waals surface area contributed by atoms with Crippen LogP contribution in [-0.2, 0) is 38.2 Å². The summed E-state index contributed by atoms with van der Waals surface area (Å²) in [6.45, 7) is 11.6. The lowest BCUT2D eigenvalue weighted by Gasteiger charge is -2.12. The summed E-state index contributed by atoms with van der Waals surface area (Å²) in [5.41, 5.74) is 0.718. The first-order valence-electron chi connectivity index (χ1n) is 13.0. The third-order valence-corrected chi connectivity index (χ3v) is 6.30. The largest absolute Gasteiger partial charge is 0.459 e. The Bertz CT molecular complexity index is 1490. The summed E-state index contributed by atoms with van der Waals surface area (Å²) in [4.78, 5) is 77.8. The molecule has 12 nitrogen and oxygen atoms in total. The average molecular weight is 626 g/mol. The number of oxime groups is 1. The predicted octanol–water partition coefficient (Wildman–Crippen LogP) is 4.51. The van der Waals surface area contributed by atoms with Gasteiger partial charge in [-0.25, -0.2) is 24.0 Å². The van der Waals surface area contributed by atoms with Gasteiger partial charge in [0.15, 0.2) is 0 Å². The minimum Gasteiger partial charge on any atom is -0.459 e. The highest BCUT2D eigenvalue weighted by molar-refractivity contribution is 7.99. The number of nitrogens with zero attached hydrogens (tertiary/aromatic N) is 1. The van der Waals surface area contributed by atoms with Crippen molar-refractivity contribution in [2.45, 2.75) is 37.5 Å². The first kappa shape index (κ1) is 35.2. The van der Waals surface area contributed by atoms with Crippen molar-refractivity contribution in [3.05, 3.63) is 83.5 Å². The molecule has 13 heteroatoms. The predicted molar refractivity (Wildman–Crippen MR) is 158 cm³/mol. The van der Waals surface area contributed by atoms with E-state index in [2.05, 4.69) is 23.2 Å². The highest BCUT2D eigenvalue weighted by atomic mass is 32.2. The number of hydrogen-bond donors (Lipinski definition) is 0. The van der Waals surface area contributed by atoms with Crippen molar-refractivity contribution in [3.63, 3.8) is 0 Å². The van der Waals surface area contributed by atoms with Gasteiger partial charge in [0.2, 0.25) is 5.78 Å². The third-order valence-electron chi connectivity index (χ3n) is 5.22. The van der Waals surface area contributed by atoms with E-state index >= 15 is 0 Å². The van der Waals surface area contributed by atoms with Crippen molar-refractivity contribution in [2.75, 3.05) is 26.4 Å². The van der Waals surface area contributed by atoms with Crippen LogP contribution in [0.4, 0.5) is 0 Å². The smallest absolute Gasteiger partial charge is 0.339 e. The van der Waals surface area contributed by atoms with Crippen LogP contribution < -0.4 is 0 Å². The van der Waals surface area contributed by atoms with Gasteiger partial charge >= 0.3 is 29.8 Å². The fourth-order valence-electron chi connectivity index (χ4n) is 3.03. The van der Waals surface area contributed by atoms with Crippen molar-refractivity contribution in [1.29, 1.82) is 0 Å². The average Bonchev–Trinajstić information content (AvgIpc) is 2.99. The van der Waals surface area contributed by atoms with Gasteiger partial charge in [-0.3, -0.25) is 4.79 Å². The normalized spacial score (nSPS) is 10.7. The zero-order valence-corrected chi connectivity index (χ0v) is 25.4. The second-order valence-electron chi connectivity index (χ2n) is 9.03.